The first-order chi connectivity index (χ1) is 17.0. The van der Waals surface area contributed by atoms with Crippen LogP contribution in [0.4, 0.5) is 0 Å². The Bertz CT molecular complexity index is 816. The zero-order valence-corrected chi connectivity index (χ0v) is 21.9. The van der Waals surface area contributed by atoms with Gasteiger partial charge in [0.25, 0.3) is 0 Å². The van der Waals surface area contributed by atoms with Crippen molar-refractivity contribution in [3.05, 3.63) is 0 Å². The summed E-state index contributed by atoms with van der Waals surface area (Å²) in [5, 5.41) is 20.3. The van der Waals surface area contributed by atoms with Crippen LogP contribution in [0.5, 0.6) is 0 Å². The van der Waals surface area contributed by atoms with Crippen LogP contribution < -0.4 is 16.0 Å². The van der Waals surface area contributed by atoms with E-state index in [2.05, 4.69) is 28.9 Å². The third-order valence-corrected chi connectivity index (χ3v) is 10.6. The second-order valence-electron chi connectivity index (χ2n) is 11.5. The third-order valence-electron chi connectivity index (χ3n) is 9.27. The number of piperidine rings is 1. The van der Waals surface area contributed by atoms with Crippen LogP contribution >= 0.6 is 11.8 Å². The SMILES string of the molecule is COC1CCC(C#N)CC1C1CC(C)NCC1C(=O)NC1NC2CN(C(=O)C3CCCC3)CC2S1. The summed E-state index contributed by atoms with van der Waals surface area (Å²) in [6.07, 6.45) is 8.08. The zero-order valence-electron chi connectivity index (χ0n) is 21.1. The number of hydrogen-bond acceptors (Lipinski definition) is 7. The van der Waals surface area contributed by atoms with E-state index in [4.69, 9.17) is 4.74 Å². The van der Waals surface area contributed by atoms with Gasteiger partial charge in [-0.2, -0.15) is 5.26 Å². The highest BCUT2D eigenvalue weighted by atomic mass is 32.2. The van der Waals surface area contributed by atoms with Gasteiger partial charge in [-0.15, -0.1) is 11.8 Å². The van der Waals surface area contributed by atoms with E-state index in [1.807, 2.05) is 4.90 Å². The fraction of sp³-hybridized carbons (Fsp3) is 0.885. The molecule has 5 aliphatic rings. The van der Waals surface area contributed by atoms with Crippen LogP contribution in [0.1, 0.15) is 58.3 Å². The Kier molecular flexibility index (Phi) is 7.93. The average Bonchev–Trinajstić information content (AvgIpc) is 3.60. The Morgan fingerprint density at radius 3 is 2.63 bits per heavy atom. The number of fused-ring (bicyclic) bond motifs is 1. The second-order valence-corrected chi connectivity index (χ2v) is 12.8. The molecule has 2 amide bonds. The largest absolute Gasteiger partial charge is 0.381 e. The van der Waals surface area contributed by atoms with Crippen molar-refractivity contribution < 1.29 is 14.3 Å². The molecule has 2 aliphatic carbocycles. The van der Waals surface area contributed by atoms with Crippen LogP contribution in [0.15, 0.2) is 0 Å². The summed E-state index contributed by atoms with van der Waals surface area (Å²) in [5.41, 5.74) is -0.113. The number of methoxy groups -OCH3 is 1. The van der Waals surface area contributed by atoms with Gasteiger partial charge in [-0.25, -0.2) is 0 Å². The first-order valence-corrected chi connectivity index (χ1v) is 14.6. The van der Waals surface area contributed by atoms with Crippen molar-refractivity contribution >= 4 is 23.6 Å². The molecule has 0 spiro atoms. The lowest BCUT2D eigenvalue weighted by atomic mass is 9.66. The molecule has 0 aromatic heterocycles. The molecule has 9 heteroatoms. The Morgan fingerprint density at radius 1 is 1.11 bits per heavy atom. The van der Waals surface area contributed by atoms with Crippen LogP contribution in [0.2, 0.25) is 0 Å². The third kappa shape index (κ3) is 5.36. The molecule has 0 radical (unpaired) electrons. The molecule has 194 valence electrons. The van der Waals surface area contributed by atoms with E-state index < -0.39 is 0 Å². The summed E-state index contributed by atoms with van der Waals surface area (Å²) in [7, 11) is 1.77. The molecule has 35 heavy (non-hydrogen) atoms. The van der Waals surface area contributed by atoms with Crippen LogP contribution in [-0.4, -0.2) is 72.4 Å². The standard InChI is InChI=1S/C26H41N5O3S/c1-15-9-18(19-10-16(11-27)7-8-22(19)34-2)20(12-28-15)24(32)30-26-29-21-13-31(14-23(21)35-26)25(33)17-5-3-4-6-17/h15-23,26,28-29H,3-10,12-14H2,1-2H3,(H,30,32). The number of carbonyl (C=O) groups excluding carboxylic acids is 2. The van der Waals surface area contributed by atoms with E-state index in [-0.39, 0.29) is 53.1 Å². The molecule has 0 bridgehead atoms. The zero-order chi connectivity index (χ0) is 24.5. The lowest BCUT2D eigenvalue weighted by Crippen LogP contribution is -2.55. The molecule has 8 nitrogen and oxygen atoms in total. The van der Waals surface area contributed by atoms with Crippen LogP contribution in [0.3, 0.4) is 0 Å². The molecule has 9 unspecified atom stereocenters. The number of thioether (sulfide) groups is 1. The summed E-state index contributed by atoms with van der Waals surface area (Å²) in [5.74, 6) is 1.02. The summed E-state index contributed by atoms with van der Waals surface area (Å²) in [4.78, 5) is 28.4. The van der Waals surface area contributed by atoms with E-state index in [0.717, 1.165) is 51.6 Å². The van der Waals surface area contributed by atoms with Crippen molar-refractivity contribution in [3.63, 3.8) is 0 Å². The van der Waals surface area contributed by atoms with E-state index in [0.29, 0.717) is 23.7 Å². The number of likely N-dealkylation sites (tertiary alicyclic amines) is 1. The van der Waals surface area contributed by atoms with Crippen molar-refractivity contribution in [3.8, 4) is 6.07 Å². The van der Waals surface area contributed by atoms with Gasteiger partial charge in [-0.1, -0.05) is 12.8 Å². The number of carbonyl (C=O) groups is 2. The molecule has 3 saturated heterocycles. The monoisotopic (exact) mass is 503 g/mol. The van der Waals surface area contributed by atoms with Crippen molar-refractivity contribution in [1.29, 1.82) is 5.26 Å². The predicted molar refractivity (Wildman–Crippen MR) is 135 cm³/mol. The summed E-state index contributed by atoms with van der Waals surface area (Å²) >= 11 is 1.76. The van der Waals surface area contributed by atoms with E-state index in [1.165, 1.54) is 12.8 Å². The molecule has 3 heterocycles. The normalized spacial score (nSPS) is 42.0. The van der Waals surface area contributed by atoms with Crippen molar-refractivity contribution in [2.24, 2.45) is 29.6 Å². The number of rotatable bonds is 5. The average molecular weight is 504 g/mol. The minimum Gasteiger partial charge on any atom is -0.381 e. The highest BCUT2D eigenvalue weighted by Gasteiger charge is 2.47. The van der Waals surface area contributed by atoms with Crippen LogP contribution in [0.25, 0.3) is 0 Å². The molecule has 3 aliphatic heterocycles. The van der Waals surface area contributed by atoms with Gasteiger partial charge in [-0.3, -0.25) is 14.9 Å². The Labute approximate surface area is 213 Å². The number of nitrogens with one attached hydrogen (secondary N) is 3. The van der Waals surface area contributed by atoms with E-state index >= 15 is 0 Å². The fourth-order valence-corrected chi connectivity index (χ4v) is 8.74. The van der Waals surface area contributed by atoms with Crippen molar-refractivity contribution in [2.45, 2.75) is 87.2 Å². The Hall–Kier alpha value is -1.34. The number of hydrogen-bond donors (Lipinski definition) is 3. The minimum atomic E-state index is -0.130. The van der Waals surface area contributed by atoms with Gasteiger partial charge in [0.2, 0.25) is 11.8 Å². The van der Waals surface area contributed by atoms with Gasteiger partial charge >= 0.3 is 0 Å². The number of ether oxygens (including phenoxy) is 1. The minimum absolute atomic E-state index is 0.0571. The molecule has 9 atom stereocenters. The molecule has 0 aromatic rings. The Morgan fingerprint density at radius 2 is 1.91 bits per heavy atom. The van der Waals surface area contributed by atoms with E-state index in [9.17, 15) is 14.9 Å². The van der Waals surface area contributed by atoms with Gasteiger partial charge in [0.05, 0.1) is 18.1 Å². The second kappa shape index (κ2) is 11.0. The first-order valence-electron chi connectivity index (χ1n) is 13.6. The van der Waals surface area contributed by atoms with E-state index in [1.54, 1.807) is 18.9 Å². The van der Waals surface area contributed by atoms with Gasteiger partial charge in [0.1, 0.15) is 5.50 Å². The van der Waals surface area contributed by atoms with Crippen molar-refractivity contribution in [2.75, 3.05) is 26.7 Å². The molecule has 0 aromatic carbocycles. The van der Waals surface area contributed by atoms with Gasteiger partial charge < -0.3 is 20.3 Å². The van der Waals surface area contributed by atoms with Crippen LogP contribution in [0, 0.1) is 40.9 Å². The molecule has 3 N–H and O–H groups in total. The highest BCUT2D eigenvalue weighted by Crippen LogP contribution is 2.42. The molecule has 5 rings (SSSR count). The smallest absolute Gasteiger partial charge is 0.226 e. The van der Waals surface area contributed by atoms with Gasteiger partial charge in [0, 0.05) is 55.9 Å². The molecule has 5 fully saturated rings. The van der Waals surface area contributed by atoms with Gasteiger partial charge in [0.15, 0.2) is 0 Å². The number of amides is 2. The Balaban J connectivity index is 1.18. The summed E-state index contributed by atoms with van der Waals surface area (Å²) in [6.45, 7) is 4.37. The summed E-state index contributed by atoms with van der Waals surface area (Å²) in [6, 6.07) is 3.06. The highest BCUT2D eigenvalue weighted by molar-refractivity contribution is 8.00. The summed E-state index contributed by atoms with van der Waals surface area (Å²) < 4.78 is 5.85. The van der Waals surface area contributed by atoms with Crippen molar-refractivity contribution in [1.82, 2.24) is 20.9 Å². The maximum Gasteiger partial charge on any atom is 0.226 e. The number of nitrogens with zero attached hydrogens (tertiary/aromatic N) is 2. The van der Waals surface area contributed by atoms with Gasteiger partial charge in [-0.05, 0) is 57.3 Å². The number of nitriles is 1. The lowest BCUT2D eigenvalue weighted by molar-refractivity contribution is -0.134. The maximum absolute atomic E-state index is 13.6. The quantitative estimate of drug-likeness (QED) is 0.527. The topological polar surface area (TPSA) is 106 Å². The van der Waals surface area contributed by atoms with Crippen LogP contribution in [-0.2, 0) is 14.3 Å². The lowest BCUT2D eigenvalue weighted by Gasteiger charge is -2.44. The molecular formula is C26H41N5O3S. The maximum atomic E-state index is 13.6. The molecule has 2 saturated carbocycles. The fourth-order valence-electron chi connectivity index (χ4n) is 7.34. The predicted octanol–water partition coefficient (Wildman–Crippen LogP) is 2.06. The first kappa shape index (κ1) is 25.3. The molecular weight excluding hydrogens is 462 g/mol.